The Labute approximate surface area is 157 Å². The highest BCUT2D eigenvalue weighted by atomic mass is 79.9. The van der Waals surface area contributed by atoms with E-state index in [0.717, 1.165) is 10.2 Å². The molecule has 1 unspecified atom stereocenters. The van der Waals surface area contributed by atoms with E-state index >= 15 is 0 Å². The molecule has 0 bridgehead atoms. The first-order valence-electron chi connectivity index (χ1n) is 8.16. The van der Waals surface area contributed by atoms with Crippen LogP contribution in [0.15, 0.2) is 64.1 Å². The number of anilines is 1. The van der Waals surface area contributed by atoms with Crippen LogP contribution in [0.4, 0.5) is 5.69 Å². The summed E-state index contributed by atoms with van der Waals surface area (Å²) in [7, 11) is 1.72. The van der Waals surface area contributed by atoms with E-state index in [-0.39, 0.29) is 11.9 Å². The molecule has 0 heterocycles. The molecule has 0 aliphatic rings. The summed E-state index contributed by atoms with van der Waals surface area (Å²) in [6.07, 6.45) is 0.358. The fraction of sp³-hybridized carbons (Fsp3) is 0.263. The van der Waals surface area contributed by atoms with E-state index in [1.165, 1.54) is 5.56 Å². The summed E-state index contributed by atoms with van der Waals surface area (Å²) in [6.45, 7) is 2.58. The molecule has 0 aliphatic carbocycles. The normalized spacial score (nSPS) is 12.4. The molecule has 5 nitrogen and oxygen atoms in total. The summed E-state index contributed by atoms with van der Waals surface area (Å²) < 4.78 is 0.981. The molecular weight excluding hydrogens is 380 g/mol. The first kappa shape index (κ1) is 19.0. The van der Waals surface area contributed by atoms with Crippen molar-refractivity contribution in [2.24, 2.45) is 4.99 Å². The first-order chi connectivity index (χ1) is 12.1. The van der Waals surface area contributed by atoms with Gasteiger partial charge in [0.1, 0.15) is 0 Å². The van der Waals surface area contributed by atoms with Gasteiger partial charge in [-0.3, -0.25) is 9.79 Å². The van der Waals surface area contributed by atoms with Gasteiger partial charge >= 0.3 is 0 Å². The summed E-state index contributed by atoms with van der Waals surface area (Å²) in [4.78, 5) is 16.2. The SMILES string of the molecule is CN=C(NCCC(=O)Nc1ccc(Br)cc1)NC(C)c1ccccc1. The van der Waals surface area contributed by atoms with Gasteiger partial charge in [-0.1, -0.05) is 46.3 Å². The van der Waals surface area contributed by atoms with Gasteiger partial charge in [-0.05, 0) is 36.8 Å². The maximum absolute atomic E-state index is 12.0. The minimum atomic E-state index is -0.0404. The number of benzene rings is 2. The monoisotopic (exact) mass is 402 g/mol. The minimum absolute atomic E-state index is 0.0404. The van der Waals surface area contributed by atoms with Gasteiger partial charge < -0.3 is 16.0 Å². The van der Waals surface area contributed by atoms with Gasteiger partial charge in [0, 0.05) is 30.2 Å². The van der Waals surface area contributed by atoms with E-state index in [1.807, 2.05) is 42.5 Å². The van der Waals surface area contributed by atoms with Crippen LogP contribution < -0.4 is 16.0 Å². The van der Waals surface area contributed by atoms with Gasteiger partial charge in [-0.15, -0.1) is 0 Å². The summed E-state index contributed by atoms with van der Waals surface area (Å²) in [5.74, 6) is 0.633. The maximum Gasteiger partial charge on any atom is 0.226 e. The fourth-order valence-electron chi connectivity index (χ4n) is 2.28. The molecule has 25 heavy (non-hydrogen) atoms. The van der Waals surface area contributed by atoms with Crippen molar-refractivity contribution in [3.05, 3.63) is 64.6 Å². The predicted molar refractivity (Wildman–Crippen MR) is 107 cm³/mol. The number of nitrogens with one attached hydrogen (secondary N) is 3. The van der Waals surface area contributed by atoms with Crippen molar-refractivity contribution in [3.63, 3.8) is 0 Å². The number of aliphatic imine (C=N–C) groups is 1. The van der Waals surface area contributed by atoms with E-state index in [1.54, 1.807) is 7.05 Å². The van der Waals surface area contributed by atoms with Crippen LogP contribution in [0.25, 0.3) is 0 Å². The zero-order valence-corrected chi connectivity index (χ0v) is 16.0. The summed E-state index contributed by atoms with van der Waals surface area (Å²) in [6, 6.07) is 17.8. The third-order valence-corrected chi connectivity index (χ3v) is 4.18. The van der Waals surface area contributed by atoms with Crippen LogP contribution in [0.5, 0.6) is 0 Å². The summed E-state index contributed by atoms with van der Waals surface area (Å²) >= 11 is 3.37. The Morgan fingerprint density at radius 3 is 2.44 bits per heavy atom. The number of amides is 1. The van der Waals surface area contributed by atoms with Crippen LogP contribution in [0.3, 0.4) is 0 Å². The van der Waals surface area contributed by atoms with Crippen LogP contribution >= 0.6 is 15.9 Å². The second-order valence-corrected chi connectivity index (χ2v) is 6.50. The molecule has 0 aromatic heterocycles. The van der Waals surface area contributed by atoms with E-state index in [2.05, 4.69) is 55.9 Å². The lowest BCUT2D eigenvalue weighted by molar-refractivity contribution is -0.116. The zero-order valence-electron chi connectivity index (χ0n) is 14.4. The molecule has 0 radical (unpaired) electrons. The lowest BCUT2D eigenvalue weighted by Crippen LogP contribution is -2.39. The van der Waals surface area contributed by atoms with Gasteiger partial charge in [-0.2, -0.15) is 0 Å². The fourth-order valence-corrected chi connectivity index (χ4v) is 2.54. The van der Waals surface area contributed by atoms with E-state index in [9.17, 15) is 4.79 Å². The third kappa shape index (κ3) is 6.58. The van der Waals surface area contributed by atoms with Gasteiger partial charge in [-0.25, -0.2) is 0 Å². The van der Waals surface area contributed by atoms with Crippen molar-refractivity contribution in [3.8, 4) is 0 Å². The topological polar surface area (TPSA) is 65.5 Å². The number of halogens is 1. The number of carbonyl (C=O) groups is 1. The van der Waals surface area contributed by atoms with Crippen molar-refractivity contribution in [2.45, 2.75) is 19.4 Å². The average molecular weight is 403 g/mol. The predicted octanol–water partition coefficient (Wildman–Crippen LogP) is 3.70. The molecule has 0 fully saturated rings. The van der Waals surface area contributed by atoms with Crippen molar-refractivity contribution >= 4 is 33.5 Å². The second kappa shape index (κ2) is 9.84. The standard InChI is InChI=1S/C19H23BrN4O/c1-14(15-6-4-3-5-7-15)23-19(21-2)22-13-12-18(25)24-17-10-8-16(20)9-11-17/h3-11,14H,12-13H2,1-2H3,(H,24,25)(H2,21,22,23). The molecule has 1 amide bonds. The van der Waals surface area contributed by atoms with Crippen LogP contribution in [0.2, 0.25) is 0 Å². The largest absolute Gasteiger partial charge is 0.356 e. The molecular formula is C19H23BrN4O. The number of guanidine groups is 1. The Hall–Kier alpha value is -2.34. The highest BCUT2D eigenvalue weighted by Gasteiger charge is 2.08. The van der Waals surface area contributed by atoms with E-state index in [0.29, 0.717) is 18.9 Å². The van der Waals surface area contributed by atoms with Gasteiger partial charge in [0.05, 0.1) is 6.04 Å². The molecule has 132 valence electrons. The van der Waals surface area contributed by atoms with Gasteiger partial charge in [0.15, 0.2) is 5.96 Å². The lowest BCUT2D eigenvalue weighted by Gasteiger charge is -2.18. The highest BCUT2D eigenvalue weighted by molar-refractivity contribution is 9.10. The first-order valence-corrected chi connectivity index (χ1v) is 8.95. The highest BCUT2D eigenvalue weighted by Crippen LogP contribution is 2.14. The van der Waals surface area contributed by atoms with Crippen LogP contribution in [0.1, 0.15) is 24.9 Å². The average Bonchev–Trinajstić information content (AvgIpc) is 2.63. The van der Waals surface area contributed by atoms with E-state index in [4.69, 9.17) is 0 Å². The smallest absolute Gasteiger partial charge is 0.226 e. The molecule has 2 aromatic rings. The molecule has 2 rings (SSSR count). The van der Waals surface area contributed by atoms with Crippen molar-refractivity contribution < 1.29 is 4.79 Å². The van der Waals surface area contributed by atoms with Crippen molar-refractivity contribution in [2.75, 3.05) is 18.9 Å². The quantitative estimate of drug-likeness (QED) is 0.509. The van der Waals surface area contributed by atoms with Crippen LogP contribution in [-0.4, -0.2) is 25.5 Å². The molecule has 3 N–H and O–H groups in total. The Morgan fingerprint density at radius 1 is 1.12 bits per heavy atom. The molecule has 6 heteroatoms. The molecule has 1 atom stereocenters. The summed E-state index contributed by atoms with van der Waals surface area (Å²) in [5, 5.41) is 9.35. The number of rotatable bonds is 6. The maximum atomic E-state index is 12.0. The Balaban J connectivity index is 1.75. The van der Waals surface area contributed by atoms with Gasteiger partial charge in [0.2, 0.25) is 5.91 Å². The van der Waals surface area contributed by atoms with Crippen LogP contribution in [-0.2, 0) is 4.79 Å². The molecule has 0 aliphatic heterocycles. The van der Waals surface area contributed by atoms with Gasteiger partial charge in [0.25, 0.3) is 0 Å². The summed E-state index contributed by atoms with van der Waals surface area (Å²) in [5.41, 5.74) is 1.96. The molecule has 0 saturated carbocycles. The third-order valence-electron chi connectivity index (χ3n) is 3.65. The molecule has 2 aromatic carbocycles. The Bertz CT molecular complexity index is 701. The number of hydrogen-bond donors (Lipinski definition) is 3. The Morgan fingerprint density at radius 2 is 1.80 bits per heavy atom. The Kier molecular flexibility index (Phi) is 7.47. The van der Waals surface area contributed by atoms with Crippen molar-refractivity contribution in [1.29, 1.82) is 0 Å². The molecule has 0 saturated heterocycles. The van der Waals surface area contributed by atoms with Crippen molar-refractivity contribution in [1.82, 2.24) is 10.6 Å². The molecule has 0 spiro atoms. The van der Waals surface area contributed by atoms with E-state index < -0.39 is 0 Å². The van der Waals surface area contributed by atoms with Crippen LogP contribution in [0, 0.1) is 0 Å². The number of nitrogens with zero attached hydrogens (tertiary/aromatic N) is 1. The zero-order chi connectivity index (χ0) is 18.1. The lowest BCUT2D eigenvalue weighted by atomic mass is 10.1. The number of hydrogen-bond acceptors (Lipinski definition) is 2. The minimum Gasteiger partial charge on any atom is -0.356 e. The second-order valence-electron chi connectivity index (χ2n) is 5.58. The number of carbonyl (C=O) groups excluding carboxylic acids is 1.